The molecule has 1 rings (SSSR count). The van der Waals surface area contributed by atoms with Crippen LogP contribution in [0.2, 0.25) is 0 Å². The Kier molecular flexibility index (Phi) is 6.52. The molecule has 4 nitrogen and oxygen atoms in total. The van der Waals surface area contributed by atoms with Gasteiger partial charge in [-0.1, -0.05) is 0 Å². The second kappa shape index (κ2) is 7.08. The van der Waals surface area contributed by atoms with E-state index in [1.807, 2.05) is 0 Å². The standard InChI is InChI=1S/C9H11F2N3O.ClH/c10-8(11)5-14-9(15)6-1-2-13-7(3-6)4-12;/h1-3,8H,4-5,12H2,(H,14,15);1H. The zero-order valence-electron chi connectivity index (χ0n) is 8.32. The van der Waals surface area contributed by atoms with E-state index in [1.165, 1.54) is 18.3 Å². The van der Waals surface area contributed by atoms with E-state index in [1.54, 1.807) is 0 Å². The van der Waals surface area contributed by atoms with Crippen LogP contribution in [0.4, 0.5) is 8.78 Å². The molecule has 1 aromatic heterocycles. The molecule has 0 fully saturated rings. The van der Waals surface area contributed by atoms with Crippen molar-refractivity contribution in [3.8, 4) is 0 Å². The third kappa shape index (κ3) is 4.50. The lowest BCUT2D eigenvalue weighted by atomic mass is 10.2. The fraction of sp³-hybridized carbons (Fsp3) is 0.333. The van der Waals surface area contributed by atoms with Crippen LogP contribution in [0.5, 0.6) is 0 Å². The maximum Gasteiger partial charge on any atom is 0.255 e. The van der Waals surface area contributed by atoms with Crippen molar-refractivity contribution in [2.75, 3.05) is 6.54 Å². The maximum absolute atomic E-state index is 11.8. The summed E-state index contributed by atoms with van der Waals surface area (Å²) in [5.41, 5.74) is 6.15. The van der Waals surface area contributed by atoms with Crippen molar-refractivity contribution in [1.29, 1.82) is 0 Å². The molecule has 0 aliphatic carbocycles. The Morgan fingerprint density at radius 2 is 2.25 bits per heavy atom. The maximum atomic E-state index is 11.8. The zero-order valence-corrected chi connectivity index (χ0v) is 9.14. The first-order chi connectivity index (χ1) is 7.13. The van der Waals surface area contributed by atoms with E-state index >= 15 is 0 Å². The Bertz CT molecular complexity index is 349. The highest BCUT2D eigenvalue weighted by atomic mass is 35.5. The first-order valence-electron chi connectivity index (χ1n) is 4.35. The number of hydrogen-bond acceptors (Lipinski definition) is 3. The Morgan fingerprint density at radius 1 is 1.56 bits per heavy atom. The number of nitrogens with zero attached hydrogens (tertiary/aromatic N) is 1. The molecule has 90 valence electrons. The average Bonchev–Trinajstić information content (AvgIpc) is 2.26. The molecule has 0 aromatic carbocycles. The van der Waals surface area contributed by atoms with Gasteiger partial charge in [0.05, 0.1) is 12.2 Å². The van der Waals surface area contributed by atoms with Gasteiger partial charge in [-0.15, -0.1) is 12.4 Å². The summed E-state index contributed by atoms with van der Waals surface area (Å²) in [5.74, 6) is -0.549. The number of rotatable bonds is 4. The highest BCUT2D eigenvalue weighted by Gasteiger charge is 2.09. The third-order valence-electron chi connectivity index (χ3n) is 1.70. The smallest absolute Gasteiger partial charge is 0.255 e. The predicted molar refractivity (Wildman–Crippen MR) is 57.7 cm³/mol. The van der Waals surface area contributed by atoms with Gasteiger partial charge in [0.1, 0.15) is 0 Å². The van der Waals surface area contributed by atoms with Gasteiger partial charge in [0.25, 0.3) is 12.3 Å². The minimum Gasteiger partial charge on any atom is -0.346 e. The molecule has 0 spiro atoms. The van der Waals surface area contributed by atoms with Crippen LogP contribution in [0.1, 0.15) is 16.1 Å². The van der Waals surface area contributed by atoms with Crippen molar-refractivity contribution >= 4 is 18.3 Å². The topological polar surface area (TPSA) is 68.0 Å². The first-order valence-corrected chi connectivity index (χ1v) is 4.35. The van der Waals surface area contributed by atoms with Crippen molar-refractivity contribution in [2.45, 2.75) is 13.0 Å². The number of pyridine rings is 1. The lowest BCUT2D eigenvalue weighted by Crippen LogP contribution is -2.28. The van der Waals surface area contributed by atoms with E-state index in [4.69, 9.17) is 5.73 Å². The molecule has 0 aliphatic heterocycles. The van der Waals surface area contributed by atoms with Gasteiger partial charge in [0, 0.05) is 18.3 Å². The number of carbonyl (C=O) groups is 1. The van der Waals surface area contributed by atoms with Gasteiger partial charge < -0.3 is 11.1 Å². The summed E-state index contributed by atoms with van der Waals surface area (Å²) in [6, 6.07) is 2.92. The monoisotopic (exact) mass is 251 g/mol. The molecule has 0 radical (unpaired) electrons. The fourth-order valence-corrected chi connectivity index (χ4v) is 1.00. The predicted octanol–water partition coefficient (Wildman–Crippen LogP) is 0.957. The van der Waals surface area contributed by atoms with Gasteiger partial charge in [-0.2, -0.15) is 0 Å². The summed E-state index contributed by atoms with van der Waals surface area (Å²) in [6.45, 7) is -0.449. The third-order valence-corrected chi connectivity index (χ3v) is 1.70. The lowest BCUT2D eigenvalue weighted by Gasteiger charge is -2.04. The lowest BCUT2D eigenvalue weighted by molar-refractivity contribution is 0.0891. The largest absolute Gasteiger partial charge is 0.346 e. The summed E-state index contributed by atoms with van der Waals surface area (Å²) < 4.78 is 23.6. The molecule has 16 heavy (non-hydrogen) atoms. The Hall–Kier alpha value is -1.27. The molecular formula is C9H12ClF2N3O. The van der Waals surface area contributed by atoms with Gasteiger partial charge in [-0.3, -0.25) is 9.78 Å². The van der Waals surface area contributed by atoms with Crippen molar-refractivity contribution in [3.05, 3.63) is 29.6 Å². The van der Waals surface area contributed by atoms with Crippen LogP contribution >= 0.6 is 12.4 Å². The van der Waals surface area contributed by atoms with Crippen molar-refractivity contribution in [3.63, 3.8) is 0 Å². The molecule has 7 heteroatoms. The Balaban J connectivity index is 0.00000225. The van der Waals surface area contributed by atoms with Crippen LogP contribution in [0, 0.1) is 0 Å². The van der Waals surface area contributed by atoms with E-state index in [0.717, 1.165) is 0 Å². The highest BCUT2D eigenvalue weighted by Crippen LogP contribution is 2.01. The van der Waals surface area contributed by atoms with Gasteiger partial charge >= 0.3 is 0 Å². The van der Waals surface area contributed by atoms with Crippen LogP contribution < -0.4 is 11.1 Å². The molecule has 0 aliphatic rings. The van der Waals surface area contributed by atoms with E-state index in [2.05, 4.69) is 10.3 Å². The van der Waals surface area contributed by atoms with Crippen LogP contribution in [0.15, 0.2) is 18.3 Å². The molecular weight excluding hydrogens is 240 g/mol. The van der Waals surface area contributed by atoms with E-state index < -0.39 is 18.9 Å². The number of amides is 1. The second-order valence-corrected chi connectivity index (χ2v) is 2.84. The number of carbonyl (C=O) groups excluding carboxylic acids is 1. The van der Waals surface area contributed by atoms with E-state index in [9.17, 15) is 13.6 Å². The average molecular weight is 252 g/mol. The van der Waals surface area contributed by atoms with Crippen LogP contribution in [0.3, 0.4) is 0 Å². The summed E-state index contributed by atoms with van der Waals surface area (Å²) >= 11 is 0. The minimum absolute atomic E-state index is 0. The van der Waals surface area contributed by atoms with Crippen molar-refractivity contribution < 1.29 is 13.6 Å². The molecule has 1 aromatic rings. The molecule has 3 N–H and O–H groups in total. The number of alkyl halides is 2. The minimum atomic E-state index is -2.55. The molecule has 0 atom stereocenters. The van der Waals surface area contributed by atoms with Gasteiger partial charge in [0.15, 0.2) is 0 Å². The molecule has 0 unspecified atom stereocenters. The van der Waals surface area contributed by atoms with Gasteiger partial charge in [-0.25, -0.2) is 8.78 Å². The zero-order chi connectivity index (χ0) is 11.3. The van der Waals surface area contributed by atoms with Crippen LogP contribution in [-0.2, 0) is 6.54 Å². The Morgan fingerprint density at radius 3 is 2.81 bits per heavy atom. The van der Waals surface area contributed by atoms with Crippen molar-refractivity contribution in [2.24, 2.45) is 5.73 Å². The fourth-order valence-electron chi connectivity index (χ4n) is 1.00. The summed E-state index contributed by atoms with van der Waals surface area (Å²) in [5, 5.41) is 2.09. The number of nitrogens with one attached hydrogen (secondary N) is 1. The van der Waals surface area contributed by atoms with Crippen molar-refractivity contribution in [1.82, 2.24) is 10.3 Å². The van der Waals surface area contributed by atoms with Crippen LogP contribution in [-0.4, -0.2) is 23.9 Å². The quantitative estimate of drug-likeness (QED) is 0.838. The van der Waals surface area contributed by atoms with E-state index in [-0.39, 0.29) is 24.5 Å². The SMILES string of the molecule is Cl.NCc1cc(C(=O)NCC(F)F)ccn1. The highest BCUT2D eigenvalue weighted by molar-refractivity contribution is 5.94. The molecule has 0 saturated carbocycles. The molecule has 1 amide bonds. The van der Waals surface area contributed by atoms with E-state index in [0.29, 0.717) is 5.69 Å². The number of hydrogen-bond donors (Lipinski definition) is 2. The van der Waals surface area contributed by atoms with Gasteiger partial charge in [-0.05, 0) is 12.1 Å². The summed E-state index contributed by atoms with van der Waals surface area (Å²) in [7, 11) is 0. The summed E-state index contributed by atoms with van der Waals surface area (Å²) in [6.07, 6.45) is -1.13. The second-order valence-electron chi connectivity index (χ2n) is 2.84. The molecule has 0 saturated heterocycles. The number of halogens is 3. The van der Waals surface area contributed by atoms with Crippen LogP contribution in [0.25, 0.3) is 0 Å². The molecule has 1 heterocycles. The number of aromatic nitrogens is 1. The molecule has 0 bridgehead atoms. The Labute approximate surface area is 97.6 Å². The first kappa shape index (κ1) is 14.7. The summed E-state index contributed by atoms with van der Waals surface area (Å²) in [4.78, 5) is 15.2. The normalized spacial score (nSPS) is 9.75. The van der Waals surface area contributed by atoms with Gasteiger partial charge in [0.2, 0.25) is 0 Å². The number of nitrogens with two attached hydrogens (primary N) is 1.